The molecular formula is C11H19ClN4O. The van der Waals surface area contributed by atoms with Gasteiger partial charge in [0.25, 0.3) is 5.91 Å². The molecule has 0 aromatic carbocycles. The minimum Gasteiger partial charge on any atom is -0.351 e. The Labute approximate surface area is 108 Å². The third kappa shape index (κ3) is 5.63. The SMILES string of the molecule is CN(C)CCNC(=O)c1ccnc(CN)c1.Cl. The predicted molar refractivity (Wildman–Crippen MR) is 70.3 cm³/mol. The summed E-state index contributed by atoms with van der Waals surface area (Å²) in [6, 6.07) is 3.40. The Balaban J connectivity index is 0.00000256. The van der Waals surface area contributed by atoms with Crippen LogP contribution in [0.25, 0.3) is 0 Å². The zero-order valence-corrected chi connectivity index (χ0v) is 11.0. The molecule has 6 heteroatoms. The van der Waals surface area contributed by atoms with Crippen LogP contribution in [0.5, 0.6) is 0 Å². The van der Waals surface area contributed by atoms with Crippen LogP contribution in [-0.2, 0) is 6.54 Å². The minimum atomic E-state index is -0.0843. The molecule has 0 fully saturated rings. The van der Waals surface area contributed by atoms with Crippen molar-refractivity contribution in [3.63, 3.8) is 0 Å². The number of nitrogens with two attached hydrogens (primary N) is 1. The maximum Gasteiger partial charge on any atom is 0.251 e. The van der Waals surface area contributed by atoms with Gasteiger partial charge in [-0.1, -0.05) is 0 Å². The highest BCUT2D eigenvalue weighted by molar-refractivity contribution is 5.94. The predicted octanol–water partition coefficient (Wildman–Crippen LogP) is 0.254. The molecule has 1 amide bonds. The molecular weight excluding hydrogens is 240 g/mol. The molecule has 0 unspecified atom stereocenters. The van der Waals surface area contributed by atoms with E-state index in [4.69, 9.17) is 5.73 Å². The summed E-state index contributed by atoms with van der Waals surface area (Å²) in [6.07, 6.45) is 1.60. The molecule has 1 heterocycles. The highest BCUT2D eigenvalue weighted by Crippen LogP contribution is 2.00. The Morgan fingerprint density at radius 3 is 2.82 bits per heavy atom. The first-order chi connectivity index (χ1) is 7.63. The number of nitrogens with zero attached hydrogens (tertiary/aromatic N) is 2. The summed E-state index contributed by atoms with van der Waals surface area (Å²) in [5.74, 6) is -0.0843. The van der Waals surface area contributed by atoms with Crippen molar-refractivity contribution in [2.45, 2.75) is 6.54 Å². The van der Waals surface area contributed by atoms with Gasteiger partial charge in [0.05, 0.1) is 5.69 Å². The molecule has 96 valence electrons. The smallest absolute Gasteiger partial charge is 0.251 e. The van der Waals surface area contributed by atoms with Crippen LogP contribution in [0.4, 0.5) is 0 Å². The number of pyridine rings is 1. The Hall–Kier alpha value is -1.17. The lowest BCUT2D eigenvalue weighted by molar-refractivity contribution is 0.0951. The summed E-state index contributed by atoms with van der Waals surface area (Å²) in [4.78, 5) is 17.7. The number of halogens is 1. The summed E-state index contributed by atoms with van der Waals surface area (Å²) in [6.45, 7) is 1.80. The Kier molecular flexibility index (Phi) is 7.45. The molecule has 0 atom stereocenters. The molecule has 17 heavy (non-hydrogen) atoms. The number of hydrogen-bond donors (Lipinski definition) is 2. The van der Waals surface area contributed by atoms with Crippen molar-refractivity contribution in [2.24, 2.45) is 5.73 Å². The molecule has 3 N–H and O–H groups in total. The standard InChI is InChI=1S/C11H18N4O.ClH/c1-15(2)6-5-14-11(16)9-3-4-13-10(7-9)8-12;/h3-4,7H,5-6,8,12H2,1-2H3,(H,14,16);1H. The monoisotopic (exact) mass is 258 g/mol. The van der Waals surface area contributed by atoms with Crippen molar-refractivity contribution in [1.82, 2.24) is 15.2 Å². The number of aromatic nitrogens is 1. The lowest BCUT2D eigenvalue weighted by atomic mass is 10.2. The van der Waals surface area contributed by atoms with Crippen molar-refractivity contribution >= 4 is 18.3 Å². The second-order valence-corrected chi connectivity index (χ2v) is 3.80. The molecule has 1 aromatic heterocycles. The molecule has 0 aliphatic carbocycles. The largest absolute Gasteiger partial charge is 0.351 e. The Bertz CT molecular complexity index is 357. The van der Waals surface area contributed by atoms with Crippen molar-refractivity contribution in [3.05, 3.63) is 29.6 Å². The fraction of sp³-hybridized carbons (Fsp3) is 0.455. The number of carbonyl (C=O) groups is 1. The molecule has 0 saturated carbocycles. The van der Waals surface area contributed by atoms with Crippen molar-refractivity contribution in [2.75, 3.05) is 27.2 Å². The topological polar surface area (TPSA) is 71.2 Å². The first kappa shape index (κ1) is 15.8. The van der Waals surface area contributed by atoms with Crippen LogP contribution < -0.4 is 11.1 Å². The van der Waals surface area contributed by atoms with Crippen LogP contribution in [0.15, 0.2) is 18.3 Å². The zero-order chi connectivity index (χ0) is 12.0. The molecule has 1 rings (SSSR count). The van der Waals surface area contributed by atoms with E-state index in [9.17, 15) is 4.79 Å². The highest BCUT2D eigenvalue weighted by Gasteiger charge is 2.05. The summed E-state index contributed by atoms with van der Waals surface area (Å²) in [7, 11) is 3.93. The molecule has 5 nitrogen and oxygen atoms in total. The average molecular weight is 259 g/mol. The van der Waals surface area contributed by atoms with Gasteiger partial charge in [0.2, 0.25) is 0 Å². The molecule has 0 saturated heterocycles. The van der Waals surface area contributed by atoms with Crippen molar-refractivity contribution < 1.29 is 4.79 Å². The van der Waals surface area contributed by atoms with Crippen LogP contribution in [-0.4, -0.2) is 43.0 Å². The van der Waals surface area contributed by atoms with E-state index in [0.717, 1.165) is 12.2 Å². The van der Waals surface area contributed by atoms with Gasteiger partial charge in [-0.25, -0.2) is 0 Å². The van der Waals surface area contributed by atoms with E-state index in [1.807, 2.05) is 19.0 Å². The first-order valence-electron chi connectivity index (χ1n) is 5.21. The molecule has 0 aliphatic rings. The van der Waals surface area contributed by atoms with Gasteiger partial charge in [0, 0.05) is 31.4 Å². The van der Waals surface area contributed by atoms with Crippen LogP contribution in [0.2, 0.25) is 0 Å². The van der Waals surface area contributed by atoms with E-state index in [1.165, 1.54) is 0 Å². The summed E-state index contributed by atoms with van der Waals surface area (Å²) >= 11 is 0. The van der Waals surface area contributed by atoms with Gasteiger partial charge in [0.15, 0.2) is 0 Å². The molecule has 1 aromatic rings. The van der Waals surface area contributed by atoms with Crippen molar-refractivity contribution in [3.8, 4) is 0 Å². The molecule has 0 bridgehead atoms. The van der Waals surface area contributed by atoms with Gasteiger partial charge >= 0.3 is 0 Å². The number of hydrogen-bond acceptors (Lipinski definition) is 4. The third-order valence-electron chi connectivity index (χ3n) is 2.13. The van der Waals surface area contributed by atoms with Gasteiger partial charge in [-0.15, -0.1) is 12.4 Å². The second kappa shape index (κ2) is 8.00. The van der Waals surface area contributed by atoms with Crippen LogP contribution in [0.3, 0.4) is 0 Å². The quantitative estimate of drug-likeness (QED) is 0.795. The second-order valence-electron chi connectivity index (χ2n) is 3.80. The van der Waals surface area contributed by atoms with Gasteiger partial charge < -0.3 is 16.0 Å². The van der Waals surface area contributed by atoms with Gasteiger partial charge in [-0.05, 0) is 26.2 Å². The van der Waals surface area contributed by atoms with Gasteiger partial charge in [-0.3, -0.25) is 9.78 Å². The van der Waals surface area contributed by atoms with Crippen molar-refractivity contribution in [1.29, 1.82) is 0 Å². The lowest BCUT2D eigenvalue weighted by Crippen LogP contribution is -2.31. The van der Waals surface area contributed by atoms with Gasteiger partial charge in [0.1, 0.15) is 0 Å². The minimum absolute atomic E-state index is 0. The number of rotatable bonds is 5. The van der Waals surface area contributed by atoms with E-state index in [0.29, 0.717) is 18.7 Å². The fourth-order valence-electron chi connectivity index (χ4n) is 1.23. The van der Waals surface area contributed by atoms with E-state index < -0.39 is 0 Å². The molecule has 0 radical (unpaired) electrons. The van der Waals surface area contributed by atoms with E-state index in [-0.39, 0.29) is 18.3 Å². The third-order valence-corrected chi connectivity index (χ3v) is 2.13. The average Bonchev–Trinajstić information content (AvgIpc) is 2.28. The van der Waals surface area contributed by atoms with E-state index in [1.54, 1.807) is 18.3 Å². The Morgan fingerprint density at radius 2 is 2.24 bits per heavy atom. The number of amides is 1. The molecule has 0 spiro atoms. The maximum absolute atomic E-state index is 11.7. The van der Waals surface area contributed by atoms with Crippen LogP contribution in [0, 0.1) is 0 Å². The zero-order valence-electron chi connectivity index (χ0n) is 10.1. The number of nitrogens with one attached hydrogen (secondary N) is 1. The van der Waals surface area contributed by atoms with E-state index in [2.05, 4.69) is 10.3 Å². The number of likely N-dealkylation sites (N-methyl/N-ethyl adjacent to an activating group) is 1. The van der Waals surface area contributed by atoms with E-state index >= 15 is 0 Å². The highest BCUT2D eigenvalue weighted by atomic mass is 35.5. The Morgan fingerprint density at radius 1 is 1.53 bits per heavy atom. The summed E-state index contributed by atoms with van der Waals surface area (Å²) in [5.41, 5.74) is 6.79. The maximum atomic E-state index is 11.7. The first-order valence-corrected chi connectivity index (χ1v) is 5.21. The van der Waals surface area contributed by atoms with Crippen LogP contribution >= 0.6 is 12.4 Å². The molecule has 0 aliphatic heterocycles. The van der Waals surface area contributed by atoms with Gasteiger partial charge in [-0.2, -0.15) is 0 Å². The summed E-state index contributed by atoms with van der Waals surface area (Å²) < 4.78 is 0. The number of carbonyl (C=O) groups excluding carboxylic acids is 1. The fourth-order valence-corrected chi connectivity index (χ4v) is 1.23. The normalized spacial score (nSPS) is 9.88. The van der Waals surface area contributed by atoms with Crippen LogP contribution in [0.1, 0.15) is 16.1 Å². The lowest BCUT2D eigenvalue weighted by Gasteiger charge is -2.10. The summed E-state index contributed by atoms with van der Waals surface area (Å²) in [5, 5.41) is 2.83.